The van der Waals surface area contributed by atoms with E-state index in [2.05, 4.69) is 4.90 Å². The Morgan fingerprint density at radius 2 is 2.07 bits per heavy atom. The lowest BCUT2D eigenvalue weighted by atomic mass is 10.1. The molecule has 0 spiro atoms. The predicted molar refractivity (Wildman–Crippen MR) is 58.5 cm³/mol. The summed E-state index contributed by atoms with van der Waals surface area (Å²) in [5, 5.41) is 8.95. The Labute approximate surface area is 89.3 Å². The molecule has 2 rings (SSSR count). The van der Waals surface area contributed by atoms with E-state index in [9.17, 15) is 4.39 Å². The zero-order valence-electron chi connectivity index (χ0n) is 8.69. The van der Waals surface area contributed by atoms with Crippen molar-refractivity contribution >= 4 is 5.69 Å². The summed E-state index contributed by atoms with van der Waals surface area (Å²) in [5.74, 6) is -0.198. The van der Waals surface area contributed by atoms with E-state index in [4.69, 9.17) is 5.11 Å². The molecule has 1 aromatic rings. The highest BCUT2D eigenvalue weighted by Gasteiger charge is 2.23. The first-order valence-corrected chi connectivity index (χ1v) is 5.44. The zero-order chi connectivity index (χ0) is 10.7. The van der Waals surface area contributed by atoms with Gasteiger partial charge < -0.3 is 10.0 Å². The molecule has 0 saturated carbocycles. The van der Waals surface area contributed by atoms with Crippen molar-refractivity contribution in [2.45, 2.75) is 25.3 Å². The van der Waals surface area contributed by atoms with Crippen LogP contribution in [-0.2, 0) is 0 Å². The Morgan fingerprint density at radius 1 is 1.33 bits per heavy atom. The Morgan fingerprint density at radius 3 is 2.73 bits per heavy atom. The summed E-state index contributed by atoms with van der Waals surface area (Å²) in [7, 11) is 0. The summed E-state index contributed by atoms with van der Waals surface area (Å²) >= 11 is 0. The van der Waals surface area contributed by atoms with E-state index in [-0.39, 0.29) is 12.4 Å². The fourth-order valence-electron chi connectivity index (χ4n) is 2.26. The van der Waals surface area contributed by atoms with Gasteiger partial charge in [-0.05, 0) is 43.5 Å². The van der Waals surface area contributed by atoms with Gasteiger partial charge in [0.2, 0.25) is 0 Å². The number of benzene rings is 1. The molecule has 0 amide bonds. The molecule has 1 fully saturated rings. The van der Waals surface area contributed by atoms with Crippen molar-refractivity contribution in [2.24, 2.45) is 0 Å². The fraction of sp³-hybridized carbons (Fsp3) is 0.500. The van der Waals surface area contributed by atoms with Gasteiger partial charge in [0.05, 0.1) is 0 Å². The first kappa shape index (κ1) is 10.4. The number of aliphatic hydroxyl groups is 1. The van der Waals surface area contributed by atoms with Crippen molar-refractivity contribution in [3.05, 3.63) is 30.1 Å². The quantitative estimate of drug-likeness (QED) is 0.824. The Hall–Kier alpha value is -1.09. The number of nitrogens with zero attached hydrogens (tertiary/aromatic N) is 1. The van der Waals surface area contributed by atoms with E-state index in [1.807, 2.05) is 12.1 Å². The first-order valence-electron chi connectivity index (χ1n) is 5.44. The first-order chi connectivity index (χ1) is 7.31. The van der Waals surface area contributed by atoms with Crippen molar-refractivity contribution in [1.29, 1.82) is 0 Å². The van der Waals surface area contributed by atoms with Crippen LogP contribution >= 0.6 is 0 Å². The number of rotatable bonds is 3. The smallest absolute Gasteiger partial charge is 0.123 e. The van der Waals surface area contributed by atoms with Crippen LogP contribution in [0.15, 0.2) is 24.3 Å². The molecule has 15 heavy (non-hydrogen) atoms. The maximum atomic E-state index is 12.8. The molecule has 1 heterocycles. The average Bonchev–Trinajstić information content (AvgIpc) is 2.68. The Balaban J connectivity index is 2.11. The molecule has 1 unspecified atom stereocenters. The van der Waals surface area contributed by atoms with Gasteiger partial charge in [-0.3, -0.25) is 0 Å². The number of aliphatic hydroxyl groups excluding tert-OH is 1. The van der Waals surface area contributed by atoms with Gasteiger partial charge in [-0.1, -0.05) is 0 Å². The summed E-state index contributed by atoms with van der Waals surface area (Å²) in [6.45, 7) is 1.23. The van der Waals surface area contributed by atoms with Crippen molar-refractivity contribution in [2.75, 3.05) is 18.1 Å². The summed E-state index contributed by atoms with van der Waals surface area (Å²) in [4.78, 5) is 2.26. The molecule has 0 aliphatic carbocycles. The number of halogens is 1. The molecule has 1 aromatic carbocycles. The van der Waals surface area contributed by atoms with E-state index >= 15 is 0 Å². The van der Waals surface area contributed by atoms with Crippen molar-refractivity contribution in [3.63, 3.8) is 0 Å². The van der Waals surface area contributed by atoms with Gasteiger partial charge in [-0.25, -0.2) is 4.39 Å². The van der Waals surface area contributed by atoms with E-state index in [1.54, 1.807) is 0 Å². The largest absolute Gasteiger partial charge is 0.396 e. The van der Waals surface area contributed by atoms with Gasteiger partial charge in [-0.2, -0.15) is 0 Å². The molecule has 1 aliphatic rings. The molecule has 1 atom stereocenters. The second-order valence-electron chi connectivity index (χ2n) is 3.98. The minimum absolute atomic E-state index is 0.198. The van der Waals surface area contributed by atoms with Crippen LogP contribution < -0.4 is 4.90 Å². The van der Waals surface area contributed by atoms with Crippen molar-refractivity contribution < 1.29 is 9.50 Å². The third-order valence-corrected chi connectivity index (χ3v) is 3.00. The SMILES string of the molecule is OCCC1CCCN1c1ccc(F)cc1. The van der Waals surface area contributed by atoms with Crippen LogP contribution in [-0.4, -0.2) is 24.3 Å². The molecular formula is C12H16FNO. The van der Waals surface area contributed by atoms with Gasteiger partial charge in [0.1, 0.15) is 5.82 Å². The molecule has 0 radical (unpaired) electrons. The predicted octanol–water partition coefficient (Wildman–Crippen LogP) is 2.18. The highest BCUT2D eigenvalue weighted by molar-refractivity contribution is 5.48. The monoisotopic (exact) mass is 209 g/mol. The third kappa shape index (κ3) is 2.29. The van der Waals surface area contributed by atoms with Crippen LogP contribution in [0.5, 0.6) is 0 Å². The second-order valence-corrected chi connectivity index (χ2v) is 3.98. The van der Waals surface area contributed by atoms with Crippen LogP contribution in [0.4, 0.5) is 10.1 Å². The van der Waals surface area contributed by atoms with E-state index in [0.717, 1.165) is 31.5 Å². The molecule has 1 N–H and O–H groups in total. The molecule has 0 aromatic heterocycles. The summed E-state index contributed by atoms with van der Waals surface area (Å²) < 4.78 is 12.8. The number of anilines is 1. The van der Waals surface area contributed by atoms with Gasteiger partial charge in [0.15, 0.2) is 0 Å². The molecule has 3 heteroatoms. The van der Waals surface area contributed by atoms with Crippen LogP contribution in [0.1, 0.15) is 19.3 Å². The highest BCUT2D eigenvalue weighted by atomic mass is 19.1. The lowest BCUT2D eigenvalue weighted by molar-refractivity contribution is 0.276. The van der Waals surface area contributed by atoms with Crippen LogP contribution in [0, 0.1) is 5.82 Å². The summed E-state index contributed by atoms with van der Waals surface area (Å²) in [5.41, 5.74) is 1.06. The Bertz CT molecular complexity index is 312. The topological polar surface area (TPSA) is 23.5 Å². The van der Waals surface area contributed by atoms with Crippen LogP contribution in [0.3, 0.4) is 0 Å². The lowest BCUT2D eigenvalue weighted by Gasteiger charge is -2.26. The minimum Gasteiger partial charge on any atom is -0.396 e. The van der Waals surface area contributed by atoms with Gasteiger partial charge in [-0.15, -0.1) is 0 Å². The van der Waals surface area contributed by atoms with Gasteiger partial charge in [0, 0.05) is 24.9 Å². The molecule has 1 saturated heterocycles. The van der Waals surface area contributed by atoms with Crippen molar-refractivity contribution in [1.82, 2.24) is 0 Å². The second kappa shape index (κ2) is 4.62. The highest BCUT2D eigenvalue weighted by Crippen LogP contribution is 2.27. The molecule has 2 nitrogen and oxygen atoms in total. The fourth-order valence-corrected chi connectivity index (χ4v) is 2.26. The van der Waals surface area contributed by atoms with Crippen LogP contribution in [0.2, 0.25) is 0 Å². The van der Waals surface area contributed by atoms with E-state index in [1.165, 1.54) is 12.1 Å². The maximum Gasteiger partial charge on any atom is 0.123 e. The average molecular weight is 209 g/mol. The minimum atomic E-state index is -0.198. The molecule has 0 bridgehead atoms. The molecule has 1 aliphatic heterocycles. The van der Waals surface area contributed by atoms with Crippen molar-refractivity contribution in [3.8, 4) is 0 Å². The zero-order valence-corrected chi connectivity index (χ0v) is 8.69. The maximum absolute atomic E-state index is 12.8. The van der Waals surface area contributed by atoms with E-state index in [0.29, 0.717) is 6.04 Å². The molecular weight excluding hydrogens is 193 g/mol. The molecule has 82 valence electrons. The standard InChI is InChI=1S/C12H16FNO/c13-10-3-5-12(6-4-10)14-8-1-2-11(14)7-9-15/h3-6,11,15H,1-2,7-9H2. The van der Waals surface area contributed by atoms with Crippen LogP contribution in [0.25, 0.3) is 0 Å². The van der Waals surface area contributed by atoms with Gasteiger partial charge >= 0.3 is 0 Å². The number of hydrogen-bond acceptors (Lipinski definition) is 2. The summed E-state index contributed by atoms with van der Waals surface area (Å²) in [6, 6.07) is 7.02. The van der Waals surface area contributed by atoms with Gasteiger partial charge in [0.25, 0.3) is 0 Å². The van der Waals surface area contributed by atoms with E-state index < -0.39 is 0 Å². The lowest BCUT2D eigenvalue weighted by Crippen LogP contribution is -2.29. The normalized spacial score (nSPS) is 20.9. The third-order valence-electron chi connectivity index (χ3n) is 3.00. The Kier molecular flexibility index (Phi) is 3.21. The number of hydrogen-bond donors (Lipinski definition) is 1. The summed E-state index contributed by atoms with van der Waals surface area (Å²) in [6.07, 6.45) is 3.08.